The summed E-state index contributed by atoms with van der Waals surface area (Å²) in [4.78, 5) is 17.9. The van der Waals surface area contributed by atoms with Crippen molar-refractivity contribution in [2.24, 2.45) is 0 Å². The van der Waals surface area contributed by atoms with Crippen LogP contribution in [0.1, 0.15) is 63.4 Å². The van der Waals surface area contributed by atoms with Crippen LogP contribution < -0.4 is 5.32 Å². The van der Waals surface area contributed by atoms with E-state index >= 15 is 0 Å². The quantitative estimate of drug-likeness (QED) is 0.708. The molecule has 0 saturated carbocycles. The third-order valence-corrected chi connectivity index (χ3v) is 4.59. The number of benzene rings is 2. The second-order valence-electron chi connectivity index (χ2n) is 8.54. The molecule has 1 heterocycles. The van der Waals surface area contributed by atoms with E-state index in [2.05, 4.69) is 15.5 Å². The number of nitrogens with one attached hydrogen (secondary N) is 1. The monoisotopic (exact) mass is 377 g/mol. The topological polar surface area (TPSA) is 68.0 Å². The lowest BCUT2D eigenvalue weighted by molar-refractivity contribution is -0.123. The first kappa shape index (κ1) is 19.8. The Morgan fingerprint density at radius 2 is 1.39 bits per heavy atom. The summed E-state index contributed by atoms with van der Waals surface area (Å²) in [6.45, 7) is 9.80. The van der Waals surface area contributed by atoms with Crippen LogP contribution >= 0.6 is 0 Å². The van der Waals surface area contributed by atoms with E-state index < -0.39 is 11.5 Å². The van der Waals surface area contributed by atoms with Crippen LogP contribution in [0.2, 0.25) is 0 Å². The lowest BCUT2D eigenvalue weighted by atomic mass is 9.89. The molecule has 0 spiro atoms. The van der Waals surface area contributed by atoms with Crippen molar-refractivity contribution in [1.29, 1.82) is 0 Å². The Hall–Kier alpha value is -2.95. The highest BCUT2D eigenvalue weighted by atomic mass is 16.5. The Balaban J connectivity index is 1.90. The van der Waals surface area contributed by atoms with Gasteiger partial charge in [-0.2, -0.15) is 4.98 Å². The van der Waals surface area contributed by atoms with Crippen molar-refractivity contribution in [3.05, 3.63) is 83.5 Å². The van der Waals surface area contributed by atoms with E-state index in [-0.39, 0.29) is 11.3 Å². The highest BCUT2D eigenvalue weighted by molar-refractivity contribution is 5.87. The maximum atomic E-state index is 13.3. The Morgan fingerprint density at radius 3 is 1.82 bits per heavy atom. The fourth-order valence-electron chi connectivity index (χ4n) is 3.00. The zero-order chi connectivity index (χ0) is 20.4. The third kappa shape index (κ3) is 4.30. The maximum Gasteiger partial charge on any atom is 0.232 e. The van der Waals surface area contributed by atoms with Crippen LogP contribution in [0, 0.1) is 0 Å². The summed E-state index contributed by atoms with van der Waals surface area (Å²) in [7, 11) is 0. The molecule has 0 saturated heterocycles. The van der Waals surface area contributed by atoms with Crippen LogP contribution in [0.25, 0.3) is 0 Å². The smallest absolute Gasteiger partial charge is 0.232 e. The molecule has 3 aromatic rings. The van der Waals surface area contributed by atoms with Gasteiger partial charge in [-0.3, -0.25) is 4.79 Å². The van der Waals surface area contributed by atoms with Crippen LogP contribution in [-0.2, 0) is 15.7 Å². The summed E-state index contributed by atoms with van der Waals surface area (Å²) in [6.07, 6.45) is 0. The van der Waals surface area contributed by atoms with Crippen LogP contribution in [0.5, 0.6) is 0 Å². The van der Waals surface area contributed by atoms with E-state index in [1.165, 1.54) is 0 Å². The van der Waals surface area contributed by atoms with Crippen molar-refractivity contribution in [3.63, 3.8) is 0 Å². The molecule has 5 heteroatoms. The Kier molecular flexibility index (Phi) is 5.36. The highest BCUT2D eigenvalue weighted by Gasteiger charge is 2.34. The fraction of sp³-hybridized carbons (Fsp3) is 0.348. The molecule has 0 aliphatic heterocycles. The molecular weight excluding hydrogens is 350 g/mol. The van der Waals surface area contributed by atoms with Gasteiger partial charge in [0.25, 0.3) is 0 Å². The van der Waals surface area contributed by atoms with Crippen LogP contribution in [0.3, 0.4) is 0 Å². The number of rotatable bonds is 5. The van der Waals surface area contributed by atoms with Gasteiger partial charge in [0.05, 0.1) is 11.5 Å². The number of carbonyl (C=O) groups excluding carboxylic acids is 1. The molecule has 3 rings (SSSR count). The standard InChI is InChI=1S/C23H27N3O2/c1-22(2,3)21-24-20(26-28-21)23(4,5)25-19(27)18(16-12-8-6-9-13-16)17-14-10-7-11-15-17/h6-15,18H,1-5H3,(H,25,27). The number of hydrogen-bond donors (Lipinski definition) is 1. The second-order valence-corrected chi connectivity index (χ2v) is 8.54. The summed E-state index contributed by atoms with van der Waals surface area (Å²) >= 11 is 0. The third-order valence-electron chi connectivity index (χ3n) is 4.59. The molecule has 0 aliphatic carbocycles. The van der Waals surface area contributed by atoms with Gasteiger partial charge in [-0.15, -0.1) is 0 Å². The van der Waals surface area contributed by atoms with Gasteiger partial charge >= 0.3 is 0 Å². The van der Waals surface area contributed by atoms with Crippen molar-refractivity contribution < 1.29 is 9.32 Å². The van der Waals surface area contributed by atoms with Gasteiger partial charge in [0, 0.05) is 5.41 Å². The molecule has 0 unspecified atom stereocenters. The van der Waals surface area contributed by atoms with Gasteiger partial charge in [0.15, 0.2) is 5.82 Å². The van der Waals surface area contributed by atoms with Crippen molar-refractivity contribution >= 4 is 5.91 Å². The number of carbonyl (C=O) groups is 1. The van der Waals surface area contributed by atoms with Gasteiger partial charge in [0.1, 0.15) is 0 Å². The summed E-state index contributed by atoms with van der Waals surface area (Å²) in [5, 5.41) is 7.22. The first-order valence-corrected chi connectivity index (χ1v) is 9.45. The molecule has 1 amide bonds. The first-order valence-electron chi connectivity index (χ1n) is 9.45. The van der Waals surface area contributed by atoms with Gasteiger partial charge in [-0.05, 0) is 25.0 Å². The lowest BCUT2D eigenvalue weighted by Gasteiger charge is -2.26. The van der Waals surface area contributed by atoms with E-state index in [0.717, 1.165) is 11.1 Å². The molecule has 0 bridgehead atoms. The van der Waals surface area contributed by atoms with Gasteiger partial charge in [-0.1, -0.05) is 86.6 Å². The Bertz CT molecular complexity index is 886. The second kappa shape index (κ2) is 7.58. The maximum absolute atomic E-state index is 13.3. The zero-order valence-corrected chi connectivity index (χ0v) is 17.1. The van der Waals surface area contributed by atoms with E-state index in [4.69, 9.17) is 4.52 Å². The molecule has 0 aliphatic rings. The molecule has 0 atom stereocenters. The zero-order valence-electron chi connectivity index (χ0n) is 17.1. The Morgan fingerprint density at radius 1 is 0.893 bits per heavy atom. The van der Waals surface area contributed by atoms with Crippen LogP contribution in [0.15, 0.2) is 65.2 Å². The predicted octanol–water partition coefficient (Wildman–Crippen LogP) is 4.55. The Labute approximate surface area is 166 Å². The minimum atomic E-state index is -0.772. The number of amides is 1. The van der Waals surface area contributed by atoms with Crippen molar-refractivity contribution in [2.45, 2.75) is 51.5 Å². The molecule has 0 fully saturated rings. The molecule has 28 heavy (non-hydrogen) atoms. The molecule has 1 aromatic heterocycles. The van der Waals surface area contributed by atoms with Crippen molar-refractivity contribution in [3.8, 4) is 0 Å². The van der Waals surface area contributed by atoms with E-state index in [1.807, 2.05) is 95.3 Å². The van der Waals surface area contributed by atoms with E-state index in [9.17, 15) is 4.79 Å². The normalized spacial score (nSPS) is 12.2. The fourth-order valence-corrected chi connectivity index (χ4v) is 3.00. The summed E-state index contributed by atoms with van der Waals surface area (Å²) in [5.74, 6) is 0.485. The molecule has 2 aromatic carbocycles. The van der Waals surface area contributed by atoms with Crippen LogP contribution in [0.4, 0.5) is 0 Å². The average Bonchev–Trinajstić information content (AvgIpc) is 3.15. The number of nitrogens with zero attached hydrogens (tertiary/aromatic N) is 2. The summed E-state index contributed by atoms with van der Waals surface area (Å²) < 4.78 is 5.41. The summed E-state index contributed by atoms with van der Waals surface area (Å²) in [5.41, 5.74) is 0.851. The number of hydrogen-bond acceptors (Lipinski definition) is 4. The SMILES string of the molecule is CC(C)(C)c1nc(C(C)(C)NC(=O)C(c2ccccc2)c2ccccc2)no1. The molecule has 1 N–H and O–H groups in total. The molecule has 0 radical (unpaired) electrons. The molecule has 5 nitrogen and oxygen atoms in total. The highest BCUT2D eigenvalue weighted by Crippen LogP contribution is 2.28. The lowest BCUT2D eigenvalue weighted by Crippen LogP contribution is -2.44. The first-order chi connectivity index (χ1) is 13.2. The van der Waals surface area contributed by atoms with Gasteiger partial charge < -0.3 is 9.84 Å². The van der Waals surface area contributed by atoms with Crippen molar-refractivity contribution in [1.82, 2.24) is 15.5 Å². The van der Waals surface area contributed by atoms with Crippen LogP contribution in [-0.4, -0.2) is 16.0 Å². The summed E-state index contributed by atoms with van der Waals surface area (Å²) in [6, 6.07) is 19.5. The van der Waals surface area contributed by atoms with Gasteiger partial charge in [-0.25, -0.2) is 0 Å². The average molecular weight is 377 g/mol. The minimum Gasteiger partial charge on any atom is -0.343 e. The molecular formula is C23H27N3O2. The number of aromatic nitrogens is 2. The van der Waals surface area contributed by atoms with E-state index in [0.29, 0.717) is 11.7 Å². The predicted molar refractivity (Wildman–Crippen MR) is 109 cm³/mol. The van der Waals surface area contributed by atoms with Gasteiger partial charge in [0.2, 0.25) is 11.8 Å². The minimum absolute atomic E-state index is 0.107. The largest absolute Gasteiger partial charge is 0.343 e. The molecule has 146 valence electrons. The van der Waals surface area contributed by atoms with E-state index in [1.54, 1.807) is 0 Å². The van der Waals surface area contributed by atoms with Crippen molar-refractivity contribution in [2.75, 3.05) is 0 Å².